The van der Waals surface area contributed by atoms with E-state index in [0.717, 1.165) is 22.3 Å². The third-order valence-electron chi connectivity index (χ3n) is 2.93. The maximum atomic E-state index is 13.3. The molecule has 7 heteroatoms. The predicted molar refractivity (Wildman–Crippen MR) is 81.3 cm³/mol. The summed E-state index contributed by atoms with van der Waals surface area (Å²) in [6.45, 7) is -0.444. The number of fused-ring (bicyclic) bond motifs is 1. The number of esters is 1. The Morgan fingerprint density at radius 2 is 2.00 bits per heavy atom. The molecule has 3 aromatic rings. The number of benzene rings is 2. The Balaban J connectivity index is 1.53. The van der Waals surface area contributed by atoms with E-state index < -0.39 is 24.2 Å². The molecule has 3 rings (SSSR count). The van der Waals surface area contributed by atoms with E-state index in [1.165, 1.54) is 11.3 Å². The number of hydrogen-bond acceptors (Lipinski definition) is 5. The fourth-order valence-corrected chi connectivity index (χ4v) is 2.78. The molecule has 0 aliphatic rings. The Morgan fingerprint density at radius 1 is 1.17 bits per heavy atom. The Labute approximate surface area is 134 Å². The molecule has 118 valence electrons. The molecule has 0 aliphatic carbocycles. The van der Waals surface area contributed by atoms with Gasteiger partial charge in [-0.15, -0.1) is 11.3 Å². The van der Waals surface area contributed by atoms with E-state index in [0.29, 0.717) is 11.1 Å². The Hall–Kier alpha value is -2.54. The second-order valence-corrected chi connectivity index (χ2v) is 5.71. The zero-order valence-electron chi connectivity index (χ0n) is 11.8. The lowest BCUT2D eigenvalue weighted by Crippen LogP contribution is -2.15. The van der Waals surface area contributed by atoms with Crippen LogP contribution in [0.3, 0.4) is 0 Å². The molecule has 0 radical (unpaired) electrons. The summed E-state index contributed by atoms with van der Waals surface area (Å²) in [6.07, 6.45) is 0. The first kappa shape index (κ1) is 15.4. The number of carbonyl (C=O) groups excluding carboxylic acids is 1. The van der Waals surface area contributed by atoms with Crippen LogP contribution in [0.15, 0.2) is 42.5 Å². The summed E-state index contributed by atoms with van der Waals surface area (Å²) >= 11 is 1.43. The van der Waals surface area contributed by atoms with Crippen molar-refractivity contribution in [1.29, 1.82) is 0 Å². The third-order valence-corrected chi connectivity index (χ3v) is 3.94. The maximum Gasteiger partial charge on any atom is 0.344 e. The fraction of sp³-hybridized carbons (Fsp3) is 0.125. The highest BCUT2D eigenvalue weighted by Gasteiger charge is 2.10. The standard InChI is InChI=1S/C16H11F2NO3S/c17-10-5-6-13(11(18)7-10)21-9-16(20)22-8-15-19-12-3-1-2-4-14(12)23-15/h1-7H,8-9H2. The highest BCUT2D eigenvalue weighted by Crippen LogP contribution is 2.22. The lowest BCUT2D eigenvalue weighted by Gasteiger charge is -2.06. The van der Waals surface area contributed by atoms with Gasteiger partial charge in [0.05, 0.1) is 10.2 Å². The summed E-state index contributed by atoms with van der Waals surface area (Å²) in [5, 5.41) is 0.660. The highest BCUT2D eigenvalue weighted by atomic mass is 32.1. The largest absolute Gasteiger partial charge is 0.479 e. The van der Waals surface area contributed by atoms with Crippen molar-refractivity contribution in [3.8, 4) is 5.75 Å². The minimum Gasteiger partial charge on any atom is -0.479 e. The van der Waals surface area contributed by atoms with Crippen molar-refractivity contribution in [1.82, 2.24) is 4.98 Å². The lowest BCUT2D eigenvalue weighted by molar-refractivity contribution is -0.147. The summed E-state index contributed by atoms with van der Waals surface area (Å²) in [4.78, 5) is 15.9. The van der Waals surface area contributed by atoms with Crippen LogP contribution < -0.4 is 4.74 Å². The summed E-state index contributed by atoms with van der Waals surface area (Å²) in [6, 6.07) is 10.4. The van der Waals surface area contributed by atoms with Gasteiger partial charge in [-0.3, -0.25) is 0 Å². The minimum absolute atomic E-state index is 0.0213. The molecule has 0 spiro atoms. The average molecular weight is 335 g/mol. The van der Waals surface area contributed by atoms with E-state index in [4.69, 9.17) is 9.47 Å². The van der Waals surface area contributed by atoms with Gasteiger partial charge < -0.3 is 9.47 Å². The maximum absolute atomic E-state index is 13.3. The van der Waals surface area contributed by atoms with E-state index in [9.17, 15) is 13.6 Å². The first-order valence-electron chi connectivity index (χ1n) is 6.70. The first-order chi connectivity index (χ1) is 11.1. The molecule has 0 saturated carbocycles. The molecule has 1 aromatic heterocycles. The second-order valence-electron chi connectivity index (χ2n) is 4.60. The Morgan fingerprint density at radius 3 is 2.78 bits per heavy atom. The SMILES string of the molecule is O=C(COc1ccc(F)cc1F)OCc1nc2ccccc2s1. The number of ether oxygens (including phenoxy) is 2. The van der Waals surface area contributed by atoms with Crippen LogP contribution in [-0.4, -0.2) is 17.6 Å². The van der Waals surface area contributed by atoms with Gasteiger partial charge >= 0.3 is 5.97 Å². The van der Waals surface area contributed by atoms with E-state index in [-0.39, 0.29) is 12.4 Å². The van der Waals surface area contributed by atoms with E-state index in [1.807, 2.05) is 24.3 Å². The predicted octanol–water partition coefficient (Wildman–Crippen LogP) is 3.70. The number of nitrogens with zero attached hydrogens (tertiary/aromatic N) is 1. The second kappa shape index (κ2) is 6.70. The van der Waals surface area contributed by atoms with Crippen molar-refractivity contribution < 1.29 is 23.0 Å². The van der Waals surface area contributed by atoms with Crippen molar-refractivity contribution in [2.45, 2.75) is 6.61 Å². The van der Waals surface area contributed by atoms with Crippen LogP contribution in [0.2, 0.25) is 0 Å². The van der Waals surface area contributed by atoms with Crippen molar-refractivity contribution in [3.63, 3.8) is 0 Å². The molecule has 0 aliphatic heterocycles. The van der Waals surface area contributed by atoms with Crippen molar-refractivity contribution in [3.05, 3.63) is 59.1 Å². The molecule has 23 heavy (non-hydrogen) atoms. The first-order valence-corrected chi connectivity index (χ1v) is 7.51. The topological polar surface area (TPSA) is 48.4 Å². The number of thiazole rings is 1. The summed E-state index contributed by atoms with van der Waals surface area (Å²) in [5.74, 6) is -2.45. The fourth-order valence-electron chi connectivity index (χ4n) is 1.89. The molecule has 0 N–H and O–H groups in total. The third kappa shape index (κ3) is 3.81. The van der Waals surface area contributed by atoms with Crippen LogP contribution in [0.4, 0.5) is 8.78 Å². The Bertz CT molecular complexity index is 817. The van der Waals surface area contributed by atoms with Gasteiger partial charge in [-0.2, -0.15) is 0 Å². The van der Waals surface area contributed by atoms with Crippen molar-refractivity contribution in [2.24, 2.45) is 0 Å². The molecule has 0 fully saturated rings. The minimum atomic E-state index is -0.871. The molecule has 0 bridgehead atoms. The van der Waals surface area contributed by atoms with Crippen LogP contribution >= 0.6 is 11.3 Å². The quantitative estimate of drug-likeness (QED) is 0.667. The Kier molecular flexibility index (Phi) is 4.47. The highest BCUT2D eigenvalue weighted by molar-refractivity contribution is 7.18. The molecule has 0 unspecified atom stereocenters. The van der Waals surface area contributed by atoms with Gasteiger partial charge in [-0.25, -0.2) is 18.6 Å². The zero-order valence-corrected chi connectivity index (χ0v) is 12.6. The number of rotatable bonds is 5. The molecule has 0 amide bonds. The molecule has 0 saturated heterocycles. The molecule has 0 atom stereocenters. The number of hydrogen-bond donors (Lipinski definition) is 0. The molecule has 4 nitrogen and oxygen atoms in total. The van der Waals surface area contributed by atoms with Crippen LogP contribution in [0, 0.1) is 11.6 Å². The summed E-state index contributed by atoms with van der Waals surface area (Å²) < 4.78 is 37.1. The summed E-state index contributed by atoms with van der Waals surface area (Å²) in [7, 11) is 0. The lowest BCUT2D eigenvalue weighted by atomic mass is 10.3. The number of para-hydroxylation sites is 1. The molecule has 1 heterocycles. The van der Waals surface area contributed by atoms with Crippen molar-refractivity contribution >= 4 is 27.5 Å². The van der Waals surface area contributed by atoms with Gasteiger partial charge in [0.2, 0.25) is 0 Å². The van der Waals surface area contributed by atoms with Crippen LogP contribution in [0.5, 0.6) is 5.75 Å². The molecular weight excluding hydrogens is 324 g/mol. The molecular formula is C16H11F2NO3S. The zero-order chi connectivity index (χ0) is 16.2. The van der Waals surface area contributed by atoms with E-state index in [1.54, 1.807) is 0 Å². The van der Waals surface area contributed by atoms with Gasteiger partial charge in [0.1, 0.15) is 17.4 Å². The monoisotopic (exact) mass is 335 g/mol. The van der Waals surface area contributed by atoms with Gasteiger partial charge in [-0.05, 0) is 24.3 Å². The van der Waals surface area contributed by atoms with Gasteiger partial charge in [0.15, 0.2) is 18.2 Å². The van der Waals surface area contributed by atoms with Crippen molar-refractivity contribution in [2.75, 3.05) is 6.61 Å². The number of carbonyl (C=O) groups is 1. The number of aromatic nitrogens is 1. The number of halogens is 2. The van der Waals surface area contributed by atoms with Gasteiger partial charge in [0, 0.05) is 6.07 Å². The van der Waals surface area contributed by atoms with Crippen LogP contribution in [-0.2, 0) is 16.1 Å². The van der Waals surface area contributed by atoms with Gasteiger partial charge in [-0.1, -0.05) is 12.1 Å². The van der Waals surface area contributed by atoms with Crippen LogP contribution in [0.25, 0.3) is 10.2 Å². The van der Waals surface area contributed by atoms with E-state index in [2.05, 4.69) is 4.98 Å². The molecule has 2 aromatic carbocycles. The smallest absolute Gasteiger partial charge is 0.344 e. The van der Waals surface area contributed by atoms with Crippen LogP contribution in [0.1, 0.15) is 5.01 Å². The summed E-state index contributed by atoms with van der Waals surface area (Å²) in [5.41, 5.74) is 0.841. The normalized spacial score (nSPS) is 10.7. The average Bonchev–Trinajstić information content (AvgIpc) is 2.95. The van der Waals surface area contributed by atoms with E-state index >= 15 is 0 Å². The van der Waals surface area contributed by atoms with Gasteiger partial charge in [0.25, 0.3) is 0 Å².